The molecule has 0 aliphatic heterocycles. The van der Waals surface area contributed by atoms with Crippen molar-refractivity contribution in [1.82, 2.24) is 24.7 Å². The molecule has 0 saturated heterocycles. The summed E-state index contributed by atoms with van der Waals surface area (Å²) in [6.45, 7) is 0.336. The second kappa shape index (κ2) is 4.69. The first-order valence-electron chi connectivity index (χ1n) is 6.13. The monoisotopic (exact) mass is 270 g/mol. The van der Waals surface area contributed by atoms with Crippen LogP contribution in [0.4, 0.5) is 5.82 Å². The van der Waals surface area contributed by atoms with Gasteiger partial charge in [-0.25, -0.2) is 4.52 Å². The maximum absolute atomic E-state index is 12.2. The van der Waals surface area contributed by atoms with Crippen molar-refractivity contribution in [2.45, 2.75) is 6.54 Å². The normalized spacial score (nSPS) is 10.8. The largest absolute Gasteiger partial charge is 0.384 e. The van der Waals surface area contributed by atoms with Crippen LogP contribution in [0.15, 0.2) is 36.8 Å². The first-order valence-corrected chi connectivity index (χ1v) is 6.13. The Kier molecular flexibility index (Phi) is 2.86. The van der Waals surface area contributed by atoms with Crippen LogP contribution in [0.25, 0.3) is 5.52 Å². The molecule has 102 valence electrons. The summed E-state index contributed by atoms with van der Waals surface area (Å²) in [5.74, 6) is 0.361. The minimum Gasteiger partial charge on any atom is -0.384 e. The minimum atomic E-state index is -0.186. The van der Waals surface area contributed by atoms with Crippen LogP contribution < -0.4 is 11.1 Å². The van der Waals surface area contributed by atoms with Gasteiger partial charge in [-0.3, -0.25) is 9.48 Å². The molecule has 0 aliphatic carbocycles. The fourth-order valence-corrected chi connectivity index (χ4v) is 2.01. The van der Waals surface area contributed by atoms with Crippen LogP contribution in [-0.2, 0) is 13.6 Å². The molecule has 0 spiro atoms. The molecule has 3 heterocycles. The van der Waals surface area contributed by atoms with E-state index in [1.54, 1.807) is 34.8 Å². The molecule has 0 aliphatic rings. The van der Waals surface area contributed by atoms with Crippen molar-refractivity contribution < 1.29 is 4.79 Å². The van der Waals surface area contributed by atoms with Crippen molar-refractivity contribution in [2.24, 2.45) is 7.05 Å². The Bertz CT molecular complexity index is 772. The SMILES string of the molecule is Cn1ncc(CNC(=O)c2cnn3ccccc23)c1N. The number of hydrogen-bond donors (Lipinski definition) is 2. The number of carbonyl (C=O) groups is 1. The third-order valence-electron chi connectivity index (χ3n) is 3.17. The van der Waals surface area contributed by atoms with Gasteiger partial charge in [-0.05, 0) is 12.1 Å². The van der Waals surface area contributed by atoms with Gasteiger partial charge in [-0.1, -0.05) is 6.07 Å². The lowest BCUT2D eigenvalue weighted by molar-refractivity contribution is 0.0952. The van der Waals surface area contributed by atoms with Crippen molar-refractivity contribution >= 4 is 17.2 Å². The summed E-state index contributed by atoms with van der Waals surface area (Å²) in [7, 11) is 1.76. The quantitative estimate of drug-likeness (QED) is 0.728. The molecule has 0 bridgehead atoms. The number of carbonyl (C=O) groups excluding carboxylic acids is 1. The number of fused-ring (bicyclic) bond motifs is 1. The van der Waals surface area contributed by atoms with Crippen molar-refractivity contribution in [3.63, 3.8) is 0 Å². The first kappa shape index (κ1) is 12.2. The number of nitrogen functional groups attached to an aromatic ring is 1. The number of nitrogens with two attached hydrogens (primary N) is 1. The van der Waals surface area contributed by atoms with Crippen LogP contribution in [-0.4, -0.2) is 25.3 Å². The van der Waals surface area contributed by atoms with Gasteiger partial charge >= 0.3 is 0 Å². The highest BCUT2D eigenvalue weighted by molar-refractivity contribution is 6.00. The van der Waals surface area contributed by atoms with Crippen molar-refractivity contribution in [1.29, 1.82) is 0 Å². The number of rotatable bonds is 3. The van der Waals surface area contributed by atoms with Crippen molar-refractivity contribution in [3.8, 4) is 0 Å². The molecule has 0 saturated carbocycles. The van der Waals surface area contributed by atoms with Crippen molar-refractivity contribution in [3.05, 3.63) is 47.9 Å². The van der Waals surface area contributed by atoms with Crippen LogP contribution >= 0.6 is 0 Å². The highest BCUT2D eigenvalue weighted by Crippen LogP contribution is 2.12. The number of pyridine rings is 1. The van der Waals surface area contributed by atoms with E-state index in [1.165, 1.54) is 0 Å². The summed E-state index contributed by atoms with van der Waals surface area (Å²) < 4.78 is 3.23. The van der Waals surface area contributed by atoms with E-state index in [0.29, 0.717) is 17.9 Å². The van der Waals surface area contributed by atoms with E-state index in [1.807, 2.05) is 18.2 Å². The van der Waals surface area contributed by atoms with Crippen LogP contribution in [0.1, 0.15) is 15.9 Å². The van der Waals surface area contributed by atoms with Crippen LogP contribution in [0.2, 0.25) is 0 Å². The van der Waals surface area contributed by atoms with Gasteiger partial charge < -0.3 is 11.1 Å². The molecule has 3 aromatic rings. The molecule has 3 rings (SSSR count). The Labute approximate surface area is 115 Å². The third-order valence-corrected chi connectivity index (χ3v) is 3.17. The zero-order valence-corrected chi connectivity index (χ0v) is 10.9. The third kappa shape index (κ3) is 1.99. The predicted octanol–water partition coefficient (Wildman–Crippen LogP) is 0.580. The Morgan fingerprint density at radius 2 is 2.20 bits per heavy atom. The summed E-state index contributed by atoms with van der Waals surface area (Å²) in [6.07, 6.45) is 4.99. The van der Waals surface area contributed by atoms with Crippen molar-refractivity contribution in [2.75, 3.05) is 5.73 Å². The molecular weight excluding hydrogens is 256 g/mol. The van der Waals surface area contributed by atoms with Gasteiger partial charge in [0.25, 0.3) is 5.91 Å². The molecule has 7 heteroatoms. The molecule has 3 N–H and O–H groups in total. The fourth-order valence-electron chi connectivity index (χ4n) is 2.01. The molecule has 3 aromatic heterocycles. The number of aryl methyl sites for hydroxylation is 1. The molecule has 1 amide bonds. The molecule has 0 fully saturated rings. The minimum absolute atomic E-state index is 0.186. The summed E-state index contributed by atoms with van der Waals surface area (Å²) in [5.41, 5.74) is 7.92. The Morgan fingerprint density at radius 3 is 2.95 bits per heavy atom. The smallest absolute Gasteiger partial charge is 0.255 e. The van der Waals surface area contributed by atoms with Gasteiger partial charge in [-0.2, -0.15) is 10.2 Å². The van der Waals surface area contributed by atoms with E-state index in [4.69, 9.17) is 5.73 Å². The molecule has 0 aromatic carbocycles. The van der Waals surface area contributed by atoms with E-state index in [-0.39, 0.29) is 5.91 Å². The average molecular weight is 270 g/mol. The summed E-state index contributed by atoms with van der Waals surface area (Å²) in [6, 6.07) is 5.57. The second-order valence-electron chi connectivity index (χ2n) is 4.45. The lowest BCUT2D eigenvalue weighted by Gasteiger charge is -2.03. The zero-order valence-electron chi connectivity index (χ0n) is 10.9. The predicted molar refractivity (Wildman–Crippen MR) is 74.0 cm³/mol. The summed E-state index contributed by atoms with van der Waals surface area (Å²) in [5, 5.41) is 11.0. The van der Waals surface area contributed by atoms with Gasteiger partial charge in [0.05, 0.1) is 23.5 Å². The van der Waals surface area contributed by atoms with Gasteiger partial charge in [0, 0.05) is 25.4 Å². The highest BCUT2D eigenvalue weighted by Gasteiger charge is 2.13. The van der Waals surface area contributed by atoms with Gasteiger partial charge in [0.2, 0.25) is 0 Å². The number of hydrogen-bond acceptors (Lipinski definition) is 4. The molecule has 0 atom stereocenters. The van der Waals surface area contributed by atoms with E-state index in [2.05, 4.69) is 15.5 Å². The highest BCUT2D eigenvalue weighted by atomic mass is 16.1. The molecule has 0 radical (unpaired) electrons. The number of amides is 1. The maximum Gasteiger partial charge on any atom is 0.255 e. The fraction of sp³-hybridized carbons (Fsp3) is 0.154. The Balaban J connectivity index is 1.78. The lowest BCUT2D eigenvalue weighted by atomic mass is 10.2. The van der Waals surface area contributed by atoms with E-state index >= 15 is 0 Å². The number of nitrogens with zero attached hydrogens (tertiary/aromatic N) is 4. The number of nitrogens with one attached hydrogen (secondary N) is 1. The second-order valence-corrected chi connectivity index (χ2v) is 4.45. The van der Waals surface area contributed by atoms with Crippen LogP contribution in [0.3, 0.4) is 0 Å². The molecule has 7 nitrogen and oxygen atoms in total. The maximum atomic E-state index is 12.2. The zero-order chi connectivity index (χ0) is 14.1. The topological polar surface area (TPSA) is 90.2 Å². The van der Waals surface area contributed by atoms with E-state index in [9.17, 15) is 4.79 Å². The van der Waals surface area contributed by atoms with Crippen LogP contribution in [0, 0.1) is 0 Å². The lowest BCUT2D eigenvalue weighted by Crippen LogP contribution is -2.23. The number of anilines is 1. The Hall–Kier alpha value is -2.83. The Morgan fingerprint density at radius 1 is 1.35 bits per heavy atom. The molecule has 20 heavy (non-hydrogen) atoms. The van der Waals surface area contributed by atoms with Crippen LogP contribution in [0.5, 0.6) is 0 Å². The average Bonchev–Trinajstić information content (AvgIpc) is 3.02. The summed E-state index contributed by atoms with van der Waals surface area (Å²) >= 11 is 0. The number of aromatic nitrogens is 4. The van der Waals surface area contributed by atoms with Gasteiger partial charge in [0.15, 0.2) is 0 Å². The van der Waals surface area contributed by atoms with Gasteiger partial charge in [0.1, 0.15) is 5.82 Å². The van der Waals surface area contributed by atoms with Gasteiger partial charge in [-0.15, -0.1) is 0 Å². The first-order chi connectivity index (χ1) is 9.66. The molecular formula is C13H14N6O. The van der Waals surface area contributed by atoms with E-state index in [0.717, 1.165) is 11.1 Å². The summed E-state index contributed by atoms with van der Waals surface area (Å²) in [4.78, 5) is 12.2. The molecule has 0 unspecified atom stereocenters. The van der Waals surface area contributed by atoms with E-state index < -0.39 is 0 Å². The standard InChI is InChI=1S/C13H14N6O/c1-18-12(14)9(7-16-18)6-15-13(20)10-8-17-19-5-3-2-4-11(10)19/h2-5,7-8H,6,14H2,1H3,(H,15,20).